The van der Waals surface area contributed by atoms with Crippen molar-refractivity contribution in [2.45, 2.75) is 26.3 Å². The van der Waals surface area contributed by atoms with Crippen LogP contribution in [0.15, 0.2) is 45.8 Å². The Labute approximate surface area is 197 Å². The first kappa shape index (κ1) is 21.6. The number of ether oxygens (including phenoxy) is 1. The molecule has 0 saturated carbocycles. The summed E-state index contributed by atoms with van der Waals surface area (Å²) in [6.45, 7) is 7.31. The molecule has 2 aliphatic heterocycles. The summed E-state index contributed by atoms with van der Waals surface area (Å²) in [5.41, 5.74) is 1.33. The largest absolute Gasteiger partial charge is 0.457 e. The predicted octanol–water partition coefficient (Wildman–Crippen LogP) is 4.75. The zero-order valence-electron chi connectivity index (χ0n) is 17.1. The van der Waals surface area contributed by atoms with Gasteiger partial charge in [0.15, 0.2) is 16.7 Å². The van der Waals surface area contributed by atoms with E-state index >= 15 is 0 Å². The Bertz CT molecular complexity index is 992. The molecule has 1 atom stereocenters. The van der Waals surface area contributed by atoms with Crippen LogP contribution in [0.1, 0.15) is 25.5 Å². The van der Waals surface area contributed by atoms with E-state index in [1.165, 1.54) is 11.1 Å². The number of hydrogen-bond acceptors (Lipinski definition) is 5. The maximum atomic E-state index is 6.06. The van der Waals surface area contributed by atoms with Gasteiger partial charge in [0, 0.05) is 31.7 Å². The molecule has 1 N–H and O–H groups in total. The number of thiazole rings is 1. The number of likely N-dealkylation sites (tertiary alicyclic amines) is 1. The first-order valence-corrected chi connectivity index (χ1v) is 11.1. The van der Waals surface area contributed by atoms with Crippen LogP contribution >= 0.6 is 35.3 Å². The lowest BCUT2D eigenvalue weighted by molar-refractivity contribution is 0.156. The first-order valence-electron chi connectivity index (χ1n) is 10.3. The van der Waals surface area contributed by atoms with Crippen molar-refractivity contribution < 1.29 is 9.15 Å². The highest BCUT2D eigenvalue weighted by molar-refractivity contribution is 14.0. The normalized spacial score (nSPS) is 21.5. The number of aromatic nitrogens is 1. The minimum Gasteiger partial charge on any atom is -0.457 e. The van der Waals surface area contributed by atoms with Gasteiger partial charge in [-0.25, -0.2) is 9.98 Å². The number of guanidine groups is 1. The maximum Gasteiger partial charge on any atom is 0.194 e. The molecule has 1 unspecified atom stereocenters. The van der Waals surface area contributed by atoms with Crippen LogP contribution in [0.3, 0.4) is 0 Å². The van der Waals surface area contributed by atoms with Crippen LogP contribution < -0.4 is 5.32 Å². The fraction of sp³-hybridized carbons (Fsp3) is 0.455. The molecule has 0 bridgehead atoms. The zero-order chi connectivity index (χ0) is 19.7. The molecule has 8 heteroatoms. The molecular weight excluding hydrogens is 511 g/mol. The van der Waals surface area contributed by atoms with Gasteiger partial charge in [0.25, 0.3) is 0 Å². The van der Waals surface area contributed by atoms with Crippen molar-refractivity contribution in [2.24, 2.45) is 10.4 Å². The van der Waals surface area contributed by atoms with Gasteiger partial charge in [0.05, 0.1) is 16.8 Å². The number of hydrogen-bond donors (Lipinski definition) is 1. The number of para-hydroxylation sites is 1. The fourth-order valence-electron chi connectivity index (χ4n) is 4.22. The van der Waals surface area contributed by atoms with E-state index in [2.05, 4.69) is 28.2 Å². The Morgan fingerprint density at radius 2 is 2.17 bits per heavy atom. The summed E-state index contributed by atoms with van der Waals surface area (Å²) in [5, 5.41) is 4.35. The fourth-order valence-corrected chi connectivity index (χ4v) is 5.15. The molecule has 0 aliphatic carbocycles. The van der Waals surface area contributed by atoms with Gasteiger partial charge < -0.3 is 19.4 Å². The zero-order valence-corrected chi connectivity index (χ0v) is 20.2. The molecular formula is C22H27IN4O2S. The topological polar surface area (TPSA) is 62.9 Å². The number of furan rings is 1. The van der Waals surface area contributed by atoms with Crippen molar-refractivity contribution in [3.63, 3.8) is 0 Å². The lowest BCUT2D eigenvalue weighted by Gasteiger charge is -2.24. The molecule has 30 heavy (non-hydrogen) atoms. The number of aliphatic imine (C=N–C) groups is 1. The quantitative estimate of drug-likeness (QED) is 0.295. The third kappa shape index (κ3) is 4.36. The summed E-state index contributed by atoms with van der Waals surface area (Å²) in [6, 6.07) is 12.2. The minimum absolute atomic E-state index is 0. The second-order valence-electron chi connectivity index (χ2n) is 7.90. The third-order valence-electron chi connectivity index (χ3n) is 5.81. The smallest absolute Gasteiger partial charge is 0.194 e. The number of rotatable bonds is 4. The van der Waals surface area contributed by atoms with E-state index < -0.39 is 0 Å². The van der Waals surface area contributed by atoms with E-state index in [-0.39, 0.29) is 24.0 Å². The Hall–Kier alpha value is -1.65. The van der Waals surface area contributed by atoms with Crippen LogP contribution in [0, 0.1) is 5.41 Å². The minimum atomic E-state index is 0. The number of nitrogens with one attached hydrogen (secondary N) is 1. The highest BCUT2D eigenvalue weighted by Crippen LogP contribution is 2.38. The second-order valence-corrected chi connectivity index (χ2v) is 8.93. The Morgan fingerprint density at radius 1 is 1.27 bits per heavy atom. The average Bonchev–Trinajstić information content (AvgIpc) is 3.52. The number of halogens is 1. The van der Waals surface area contributed by atoms with E-state index in [9.17, 15) is 0 Å². The van der Waals surface area contributed by atoms with Gasteiger partial charge in [0.1, 0.15) is 12.3 Å². The van der Waals surface area contributed by atoms with Crippen LogP contribution in [-0.4, -0.2) is 48.7 Å². The van der Waals surface area contributed by atoms with E-state index in [1.807, 2.05) is 30.3 Å². The Balaban J connectivity index is 0.00000218. The molecule has 5 rings (SSSR count). The van der Waals surface area contributed by atoms with E-state index in [4.69, 9.17) is 14.1 Å². The summed E-state index contributed by atoms with van der Waals surface area (Å²) < 4.78 is 12.9. The third-order valence-corrected chi connectivity index (χ3v) is 6.86. The van der Waals surface area contributed by atoms with Gasteiger partial charge in [-0.3, -0.25) is 0 Å². The van der Waals surface area contributed by atoms with Gasteiger partial charge in [-0.05, 0) is 44.0 Å². The summed E-state index contributed by atoms with van der Waals surface area (Å²) in [6.07, 6.45) is 2.34. The summed E-state index contributed by atoms with van der Waals surface area (Å²) in [7, 11) is 0. The van der Waals surface area contributed by atoms with Crippen LogP contribution in [0.5, 0.6) is 0 Å². The van der Waals surface area contributed by atoms with Crippen molar-refractivity contribution in [1.82, 2.24) is 15.2 Å². The summed E-state index contributed by atoms with van der Waals surface area (Å²) >= 11 is 1.65. The van der Waals surface area contributed by atoms with Crippen molar-refractivity contribution in [3.05, 3.63) is 42.2 Å². The number of nitrogens with zero attached hydrogens (tertiary/aromatic N) is 3. The molecule has 4 heterocycles. The molecule has 2 saturated heterocycles. The van der Waals surface area contributed by atoms with Gasteiger partial charge in [-0.1, -0.05) is 12.1 Å². The van der Waals surface area contributed by atoms with E-state index in [0.29, 0.717) is 12.0 Å². The molecule has 1 aromatic carbocycles. The lowest BCUT2D eigenvalue weighted by Crippen LogP contribution is -2.41. The van der Waals surface area contributed by atoms with Crippen LogP contribution in [0.25, 0.3) is 21.0 Å². The van der Waals surface area contributed by atoms with Gasteiger partial charge in [-0.2, -0.15) is 0 Å². The number of benzene rings is 1. The van der Waals surface area contributed by atoms with Gasteiger partial charge >= 0.3 is 0 Å². The van der Waals surface area contributed by atoms with Crippen molar-refractivity contribution in [3.8, 4) is 10.8 Å². The van der Waals surface area contributed by atoms with Gasteiger partial charge in [0.2, 0.25) is 0 Å². The molecule has 3 aromatic rings. The van der Waals surface area contributed by atoms with Crippen molar-refractivity contribution in [2.75, 3.05) is 32.8 Å². The molecule has 2 fully saturated rings. The molecule has 6 nitrogen and oxygen atoms in total. The second kappa shape index (κ2) is 9.23. The average molecular weight is 538 g/mol. The standard InChI is InChI=1S/C22H26N4O2S.HI/c1-2-23-21(26-11-9-22(14-26)10-12-27-15-22)24-13-16-7-8-18(28-16)20-25-17-5-3-4-6-19(17)29-20;/h3-8H,2,9-15H2,1H3,(H,23,24);1H. The van der Waals surface area contributed by atoms with Crippen LogP contribution in [0.2, 0.25) is 0 Å². The lowest BCUT2D eigenvalue weighted by atomic mass is 9.87. The molecule has 160 valence electrons. The van der Waals surface area contributed by atoms with E-state index in [1.54, 1.807) is 11.3 Å². The van der Waals surface area contributed by atoms with E-state index in [0.717, 1.165) is 67.3 Å². The molecule has 0 amide bonds. The molecule has 1 spiro atoms. The first-order chi connectivity index (χ1) is 14.2. The maximum absolute atomic E-state index is 6.06. The van der Waals surface area contributed by atoms with Crippen LogP contribution in [-0.2, 0) is 11.3 Å². The molecule has 2 aromatic heterocycles. The van der Waals surface area contributed by atoms with Crippen molar-refractivity contribution in [1.29, 1.82) is 0 Å². The molecule has 2 aliphatic rings. The predicted molar refractivity (Wildman–Crippen MR) is 132 cm³/mol. The SMILES string of the molecule is CCNC(=NCc1ccc(-c2nc3ccccc3s2)o1)N1CCC2(CCOC2)C1.I. The monoisotopic (exact) mass is 538 g/mol. The molecule has 0 radical (unpaired) electrons. The van der Waals surface area contributed by atoms with Gasteiger partial charge in [-0.15, -0.1) is 35.3 Å². The summed E-state index contributed by atoms with van der Waals surface area (Å²) in [5.74, 6) is 2.63. The summed E-state index contributed by atoms with van der Waals surface area (Å²) in [4.78, 5) is 11.9. The Morgan fingerprint density at radius 3 is 2.97 bits per heavy atom. The van der Waals surface area contributed by atoms with Crippen molar-refractivity contribution >= 4 is 51.5 Å². The van der Waals surface area contributed by atoms with Crippen LogP contribution in [0.4, 0.5) is 0 Å². The Kier molecular flexibility index (Phi) is 6.64. The highest BCUT2D eigenvalue weighted by atomic mass is 127. The highest BCUT2D eigenvalue weighted by Gasteiger charge is 2.42. The number of fused-ring (bicyclic) bond motifs is 1.